The Morgan fingerprint density at radius 1 is 1.37 bits per heavy atom. The maximum atomic E-state index is 13.6. The van der Waals surface area contributed by atoms with Crippen LogP contribution in [-0.4, -0.2) is 79.9 Å². The molecule has 4 unspecified atom stereocenters. The van der Waals surface area contributed by atoms with Crippen molar-refractivity contribution < 1.29 is 28.5 Å². The molecule has 11 nitrogen and oxygen atoms in total. The molecule has 0 aromatic heterocycles. The number of fused-ring (bicyclic) bond motifs is 1. The van der Waals surface area contributed by atoms with Gasteiger partial charge in [-0.25, -0.2) is 4.79 Å². The quantitative estimate of drug-likeness (QED) is 0.286. The van der Waals surface area contributed by atoms with E-state index in [1.54, 1.807) is 20.8 Å². The average Bonchev–Trinajstić information content (AvgIpc) is 3.23. The SMILES string of the molecule is CCC(C)C(NC(=O)OC(C)(C)C)C(=O)N1CC(N=[N+]=[N-])C2OCC(OC)(OC)[C@@H]21. The van der Waals surface area contributed by atoms with Crippen molar-refractivity contribution in [2.75, 3.05) is 27.4 Å². The molecule has 0 radical (unpaired) electrons. The molecule has 2 aliphatic rings. The molecule has 0 aliphatic carbocycles. The Morgan fingerprint density at radius 3 is 2.50 bits per heavy atom. The third kappa shape index (κ3) is 4.80. The molecule has 5 atom stereocenters. The lowest BCUT2D eigenvalue weighted by molar-refractivity contribution is -0.227. The molecule has 2 heterocycles. The van der Waals surface area contributed by atoms with Crippen LogP contribution in [0.3, 0.4) is 0 Å². The molecule has 0 spiro atoms. The van der Waals surface area contributed by atoms with Crippen LogP contribution in [0.25, 0.3) is 10.4 Å². The summed E-state index contributed by atoms with van der Waals surface area (Å²) < 4.78 is 22.3. The highest BCUT2D eigenvalue weighted by molar-refractivity contribution is 5.87. The number of nitrogens with zero attached hydrogens (tertiary/aromatic N) is 4. The topological polar surface area (TPSA) is 135 Å². The predicted molar refractivity (Wildman–Crippen MR) is 108 cm³/mol. The van der Waals surface area contributed by atoms with E-state index < -0.39 is 41.7 Å². The van der Waals surface area contributed by atoms with Crippen LogP contribution >= 0.6 is 0 Å². The van der Waals surface area contributed by atoms with Gasteiger partial charge in [0.05, 0.1) is 12.1 Å². The zero-order chi connectivity index (χ0) is 22.7. The molecule has 0 aromatic carbocycles. The fourth-order valence-electron chi connectivity index (χ4n) is 3.93. The van der Waals surface area contributed by atoms with Gasteiger partial charge in [0.25, 0.3) is 0 Å². The van der Waals surface area contributed by atoms with E-state index in [9.17, 15) is 9.59 Å². The van der Waals surface area contributed by atoms with Crippen molar-refractivity contribution in [3.8, 4) is 0 Å². The maximum absolute atomic E-state index is 13.6. The molecule has 2 amide bonds. The molecule has 1 N–H and O–H groups in total. The normalized spacial score (nSPS) is 27.0. The van der Waals surface area contributed by atoms with Crippen LogP contribution in [0.5, 0.6) is 0 Å². The molecule has 2 saturated heterocycles. The molecule has 2 aliphatic heterocycles. The van der Waals surface area contributed by atoms with E-state index in [2.05, 4.69) is 15.3 Å². The van der Waals surface area contributed by atoms with Crippen LogP contribution < -0.4 is 5.32 Å². The predicted octanol–water partition coefficient (Wildman–Crippen LogP) is 2.20. The van der Waals surface area contributed by atoms with Gasteiger partial charge in [-0.2, -0.15) is 0 Å². The third-order valence-electron chi connectivity index (χ3n) is 5.66. The smallest absolute Gasteiger partial charge is 0.408 e. The zero-order valence-electron chi connectivity index (χ0n) is 18.7. The van der Waals surface area contributed by atoms with Crippen molar-refractivity contribution in [1.82, 2.24) is 10.2 Å². The lowest BCUT2D eigenvalue weighted by atomic mass is 9.96. The number of azide groups is 1. The maximum Gasteiger partial charge on any atom is 0.408 e. The first-order chi connectivity index (χ1) is 14.0. The standard InChI is InChI=1S/C19H33N5O6/c1-8-11(2)13(21-17(26)30-18(3,4)5)16(25)24-9-12(22-23-20)14-15(24)19(27-6,28-7)10-29-14/h11-15H,8-10H2,1-7H3,(H,21,26)/t11?,12?,13?,14?,15-/m1/s1. The molecule has 30 heavy (non-hydrogen) atoms. The lowest BCUT2D eigenvalue weighted by Gasteiger charge is -2.38. The van der Waals surface area contributed by atoms with Crippen molar-refractivity contribution in [2.45, 2.75) is 76.7 Å². The van der Waals surface area contributed by atoms with Crippen LogP contribution in [0.2, 0.25) is 0 Å². The van der Waals surface area contributed by atoms with Gasteiger partial charge in [0.1, 0.15) is 24.3 Å². The summed E-state index contributed by atoms with van der Waals surface area (Å²) in [7, 11) is 2.95. The van der Waals surface area contributed by atoms with Crippen LogP contribution in [0.15, 0.2) is 5.11 Å². The fourth-order valence-corrected chi connectivity index (χ4v) is 3.93. The Balaban J connectivity index is 2.34. The number of rotatable bonds is 7. The number of nitrogens with one attached hydrogen (secondary N) is 1. The molecule has 0 aromatic rings. The Labute approximate surface area is 177 Å². The summed E-state index contributed by atoms with van der Waals surface area (Å²) in [6.45, 7) is 9.30. The highest BCUT2D eigenvalue weighted by Gasteiger charge is 2.62. The Hall–Kier alpha value is -2.07. The summed E-state index contributed by atoms with van der Waals surface area (Å²) in [5.74, 6) is -1.68. The number of carbonyl (C=O) groups excluding carboxylic acids is 2. The minimum atomic E-state index is -1.19. The van der Waals surface area contributed by atoms with Gasteiger partial charge in [0.2, 0.25) is 11.7 Å². The molecular weight excluding hydrogens is 394 g/mol. The second-order valence-corrected chi connectivity index (χ2v) is 8.71. The number of amides is 2. The molecule has 2 rings (SSSR count). The zero-order valence-corrected chi connectivity index (χ0v) is 18.7. The second kappa shape index (κ2) is 9.38. The number of hydrogen-bond acceptors (Lipinski definition) is 7. The van der Waals surface area contributed by atoms with Gasteiger partial charge in [0, 0.05) is 25.7 Å². The highest BCUT2D eigenvalue weighted by atomic mass is 16.7. The van der Waals surface area contributed by atoms with Gasteiger partial charge in [-0.3, -0.25) is 4.79 Å². The number of alkyl carbamates (subject to hydrolysis) is 1. The molecule has 0 saturated carbocycles. The van der Waals surface area contributed by atoms with Gasteiger partial charge in [-0.15, -0.1) is 0 Å². The monoisotopic (exact) mass is 427 g/mol. The Bertz CT molecular complexity index is 685. The first-order valence-electron chi connectivity index (χ1n) is 10.1. The summed E-state index contributed by atoms with van der Waals surface area (Å²) in [6.07, 6.45) is -0.579. The molecule has 170 valence electrons. The van der Waals surface area contributed by atoms with E-state index >= 15 is 0 Å². The van der Waals surface area contributed by atoms with Gasteiger partial charge in [-0.05, 0) is 32.2 Å². The van der Waals surface area contributed by atoms with E-state index in [1.807, 2.05) is 13.8 Å². The second-order valence-electron chi connectivity index (χ2n) is 8.71. The van der Waals surface area contributed by atoms with E-state index in [4.69, 9.17) is 24.5 Å². The number of ether oxygens (including phenoxy) is 4. The number of methoxy groups -OCH3 is 2. The summed E-state index contributed by atoms with van der Waals surface area (Å²) in [6, 6.07) is -2.04. The van der Waals surface area contributed by atoms with Gasteiger partial charge < -0.3 is 29.2 Å². The summed E-state index contributed by atoms with van der Waals surface area (Å²) in [4.78, 5) is 30.4. The minimum absolute atomic E-state index is 0.0874. The highest BCUT2D eigenvalue weighted by Crippen LogP contribution is 2.40. The van der Waals surface area contributed by atoms with Gasteiger partial charge in [0.15, 0.2) is 0 Å². The van der Waals surface area contributed by atoms with Crippen molar-refractivity contribution >= 4 is 12.0 Å². The largest absolute Gasteiger partial charge is 0.444 e. The average molecular weight is 428 g/mol. The molecule has 0 bridgehead atoms. The van der Waals surface area contributed by atoms with Crippen LogP contribution in [0.4, 0.5) is 4.79 Å². The van der Waals surface area contributed by atoms with E-state index in [0.717, 1.165) is 0 Å². The summed E-state index contributed by atoms with van der Waals surface area (Å²) in [5, 5.41) is 6.52. The van der Waals surface area contributed by atoms with Crippen LogP contribution in [0.1, 0.15) is 41.0 Å². The Kier molecular flexibility index (Phi) is 7.57. The first kappa shape index (κ1) is 24.2. The lowest BCUT2D eigenvalue weighted by Crippen LogP contribution is -2.60. The summed E-state index contributed by atoms with van der Waals surface area (Å²) in [5.41, 5.74) is 8.25. The van der Waals surface area contributed by atoms with Crippen molar-refractivity contribution in [3.63, 3.8) is 0 Å². The van der Waals surface area contributed by atoms with Gasteiger partial charge in [-0.1, -0.05) is 25.4 Å². The number of likely N-dealkylation sites (tertiary alicyclic amines) is 1. The fraction of sp³-hybridized carbons (Fsp3) is 0.895. The van der Waals surface area contributed by atoms with E-state index in [-0.39, 0.29) is 25.0 Å². The van der Waals surface area contributed by atoms with Crippen LogP contribution in [0, 0.1) is 5.92 Å². The number of hydrogen-bond donors (Lipinski definition) is 1. The molecule has 11 heteroatoms. The third-order valence-corrected chi connectivity index (χ3v) is 5.66. The molecular formula is C19H33N5O6. The van der Waals surface area contributed by atoms with Crippen molar-refractivity contribution in [3.05, 3.63) is 10.4 Å². The Morgan fingerprint density at radius 2 is 2.00 bits per heavy atom. The van der Waals surface area contributed by atoms with Crippen LogP contribution in [-0.2, 0) is 23.7 Å². The molecule has 2 fully saturated rings. The van der Waals surface area contributed by atoms with Crippen molar-refractivity contribution in [2.24, 2.45) is 11.0 Å². The first-order valence-corrected chi connectivity index (χ1v) is 10.1. The van der Waals surface area contributed by atoms with Gasteiger partial charge >= 0.3 is 6.09 Å². The van der Waals surface area contributed by atoms with E-state index in [1.165, 1.54) is 19.1 Å². The number of carbonyl (C=O) groups is 2. The van der Waals surface area contributed by atoms with E-state index in [0.29, 0.717) is 6.42 Å². The minimum Gasteiger partial charge on any atom is -0.444 e. The summed E-state index contributed by atoms with van der Waals surface area (Å²) >= 11 is 0. The van der Waals surface area contributed by atoms with Crippen molar-refractivity contribution in [1.29, 1.82) is 0 Å².